The predicted octanol–water partition coefficient (Wildman–Crippen LogP) is -2.06. The number of hydrogen-bond donors (Lipinski definition) is 2. The molecule has 0 radical (unpaired) electrons. The lowest BCUT2D eigenvalue weighted by molar-refractivity contribution is -0.120. The van der Waals surface area contributed by atoms with Crippen LogP contribution in [-0.4, -0.2) is 41.8 Å². The summed E-state index contributed by atoms with van der Waals surface area (Å²) in [6.07, 6.45) is 0. The molecule has 1 rings (SSSR count). The van der Waals surface area contributed by atoms with Gasteiger partial charge in [-0.15, -0.1) is 0 Å². The summed E-state index contributed by atoms with van der Waals surface area (Å²) < 4.78 is 7.21. The van der Waals surface area contributed by atoms with Gasteiger partial charge in [0.15, 0.2) is 0 Å². The standard InChI is InChI=1S/C12H20N4O4/c1-15-9(6-11(18)16(2)12(15)19)7-13-8-10(17)14-4-5-20-3/h6,13H,4-5,7-8H2,1-3H3,(H,14,17). The molecule has 1 aromatic heterocycles. The largest absolute Gasteiger partial charge is 0.383 e. The minimum atomic E-state index is -0.390. The van der Waals surface area contributed by atoms with Crippen LogP contribution in [0.1, 0.15) is 5.69 Å². The van der Waals surface area contributed by atoms with Gasteiger partial charge in [0.25, 0.3) is 5.56 Å². The molecule has 0 unspecified atom stereocenters. The van der Waals surface area contributed by atoms with E-state index in [1.807, 2.05) is 0 Å². The monoisotopic (exact) mass is 284 g/mol. The summed E-state index contributed by atoms with van der Waals surface area (Å²) in [4.78, 5) is 34.6. The minimum absolute atomic E-state index is 0.104. The van der Waals surface area contributed by atoms with Gasteiger partial charge >= 0.3 is 5.69 Å². The Morgan fingerprint density at radius 2 is 2.00 bits per heavy atom. The Balaban J connectivity index is 2.53. The second kappa shape index (κ2) is 7.61. The highest BCUT2D eigenvalue weighted by Gasteiger charge is 2.06. The fourth-order valence-corrected chi connectivity index (χ4v) is 1.61. The summed E-state index contributed by atoms with van der Waals surface area (Å²) >= 11 is 0. The second-order valence-electron chi connectivity index (χ2n) is 4.32. The number of ether oxygens (including phenoxy) is 1. The van der Waals surface area contributed by atoms with Crippen molar-refractivity contribution in [1.82, 2.24) is 19.8 Å². The summed E-state index contributed by atoms with van der Waals surface area (Å²) in [5, 5.41) is 5.54. The van der Waals surface area contributed by atoms with Crippen LogP contribution in [0.15, 0.2) is 15.7 Å². The van der Waals surface area contributed by atoms with Gasteiger partial charge in [-0.05, 0) is 0 Å². The molecule has 0 aliphatic heterocycles. The Kier molecular flexibility index (Phi) is 6.13. The van der Waals surface area contributed by atoms with E-state index in [2.05, 4.69) is 10.6 Å². The van der Waals surface area contributed by atoms with Crippen molar-refractivity contribution in [2.45, 2.75) is 6.54 Å². The van der Waals surface area contributed by atoms with E-state index in [0.29, 0.717) is 18.8 Å². The van der Waals surface area contributed by atoms with Crippen LogP contribution in [0.5, 0.6) is 0 Å². The van der Waals surface area contributed by atoms with Gasteiger partial charge in [-0.25, -0.2) is 4.79 Å². The van der Waals surface area contributed by atoms with Gasteiger partial charge in [-0.3, -0.25) is 18.7 Å². The smallest absolute Gasteiger partial charge is 0.330 e. The van der Waals surface area contributed by atoms with Gasteiger partial charge in [0, 0.05) is 46.1 Å². The lowest BCUT2D eigenvalue weighted by atomic mass is 10.3. The minimum Gasteiger partial charge on any atom is -0.383 e. The van der Waals surface area contributed by atoms with E-state index in [1.165, 1.54) is 17.7 Å². The molecule has 0 bridgehead atoms. The van der Waals surface area contributed by atoms with E-state index in [-0.39, 0.29) is 30.2 Å². The molecule has 2 N–H and O–H groups in total. The Morgan fingerprint density at radius 1 is 1.30 bits per heavy atom. The van der Waals surface area contributed by atoms with Crippen LogP contribution < -0.4 is 21.9 Å². The Morgan fingerprint density at radius 3 is 2.65 bits per heavy atom. The number of methoxy groups -OCH3 is 1. The van der Waals surface area contributed by atoms with E-state index < -0.39 is 0 Å². The van der Waals surface area contributed by atoms with Crippen LogP contribution >= 0.6 is 0 Å². The molecule has 0 atom stereocenters. The zero-order chi connectivity index (χ0) is 15.1. The number of carbonyl (C=O) groups is 1. The number of rotatable bonds is 7. The molecule has 1 amide bonds. The molecular weight excluding hydrogens is 264 g/mol. The molecule has 0 spiro atoms. The van der Waals surface area contributed by atoms with Crippen LogP contribution in [0.3, 0.4) is 0 Å². The van der Waals surface area contributed by atoms with Crippen LogP contribution in [0.25, 0.3) is 0 Å². The molecule has 0 aromatic carbocycles. The molecule has 0 aliphatic carbocycles. The summed E-state index contributed by atoms with van der Waals surface area (Å²) in [5.74, 6) is -0.170. The fourth-order valence-electron chi connectivity index (χ4n) is 1.61. The van der Waals surface area contributed by atoms with E-state index in [4.69, 9.17) is 4.74 Å². The molecule has 0 saturated carbocycles. The molecule has 8 heteroatoms. The second-order valence-corrected chi connectivity index (χ2v) is 4.32. The highest BCUT2D eigenvalue weighted by atomic mass is 16.5. The molecule has 0 aliphatic rings. The number of hydrogen-bond acceptors (Lipinski definition) is 5. The first-order chi connectivity index (χ1) is 9.47. The van der Waals surface area contributed by atoms with Crippen LogP contribution in [0.4, 0.5) is 0 Å². The zero-order valence-electron chi connectivity index (χ0n) is 11.9. The highest BCUT2D eigenvalue weighted by Crippen LogP contribution is 1.89. The van der Waals surface area contributed by atoms with Gasteiger partial charge in [-0.1, -0.05) is 0 Å². The maximum absolute atomic E-state index is 11.7. The Labute approximate surface area is 116 Å². The zero-order valence-corrected chi connectivity index (χ0v) is 11.9. The molecule has 0 fully saturated rings. The third kappa shape index (κ3) is 4.32. The van der Waals surface area contributed by atoms with Crippen LogP contribution in [0, 0.1) is 0 Å². The van der Waals surface area contributed by atoms with E-state index in [1.54, 1.807) is 14.2 Å². The molecule has 1 heterocycles. The first-order valence-electron chi connectivity index (χ1n) is 6.19. The van der Waals surface area contributed by atoms with E-state index in [0.717, 1.165) is 4.57 Å². The number of nitrogens with one attached hydrogen (secondary N) is 2. The van der Waals surface area contributed by atoms with Gasteiger partial charge in [-0.2, -0.15) is 0 Å². The molecule has 8 nitrogen and oxygen atoms in total. The SMILES string of the molecule is COCCNC(=O)CNCc1cc(=O)n(C)c(=O)n1C. The van der Waals surface area contributed by atoms with Crippen molar-refractivity contribution >= 4 is 5.91 Å². The maximum Gasteiger partial charge on any atom is 0.330 e. The van der Waals surface area contributed by atoms with Crippen molar-refractivity contribution in [2.75, 3.05) is 26.8 Å². The summed E-state index contributed by atoms with van der Waals surface area (Å²) in [5.41, 5.74) is -0.226. The lowest BCUT2D eigenvalue weighted by Crippen LogP contribution is -2.40. The lowest BCUT2D eigenvalue weighted by Gasteiger charge is -2.10. The molecular formula is C12H20N4O4. The van der Waals surface area contributed by atoms with E-state index >= 15 is 0 Å². The van der Waals surface area contributed by atoms with Crippen molar-refractivity contribution in [1.29, 1.82) is 0 Å². The highest BCUT2D eigenvalue weighted by molar-refractivity contribution is 5.77. The maximum atomic E-state index is 11.7. The van der Waals surface area contributed by atoms with E-state index in [9.17, 15) is 14.4 Å². The van der Waals surface area contributed by atoms with Crippen molar-refractivity contribution in [3.05, 3.63) is 32.6 Å². The molecule has 20 heavy (non-hydrogen) atoms. The average molecular weight is 284 g/mol. The fraction of sp³-hybridized carbons (Fsp3) is 0.583. The first kappa shape index (κ1) is 16.1. The van der Waals surface area contributed by atoms with Crippen LogP contribution in [0.2, 0.25) is 0 Å². The van der Waals surface area contributed by atoms with Gasteiger partial charge in [0.05, 0.1) is 13.2 Å². The van der Waals surface area contributed by atoms with Gasteiger partial charge in [0.2, 0.25) is 5.91 Å². The summed E-state index contributed by atoms with van der Waals surface area (Å²) in [6.45, 7) is 1.27. The van der Waals surface area contributed by atoms with Crippen molar-refractivity contribution in [3.8, 4) is 0 Å². The molecule has 112 valence electrons. The summed E-state index contributed by atoms with van der Waals surface area (Å²) in [6, 6.07) is 1.37. The third-order valence-electron chi connectivity index (χ3n) is 2.85. The van der Waals surface area contributed by atoms with Crippen LogP contribution in [-0.2, 0) is 30.2 Å². The molecule has 1 aromatic rings. The Hall–Kier alpha value is -1.93. The normalized spacial score (nSPS) is 10.6. The topological polar surface area (TPSA) is 94.4 Å². The van der Waals surface area contributed by atoms with Gasteiger partial charge < -0.3 is 15.4 Å². The molecule has 0 saturated heterocycles. The third-order valence-corrected chi connectivity index (χ3v) is 2.85. The number of amides is 1. The number of carbonyl (C=O) groups excluding carboxylic acids is 1. The first-order valence-corrected chi connectivity index (χ1v) is 6.19. The van der Waals surface area contributed by atoms with Crippen molar-refractivity contribution in [2.24, 2.45) is 14.1 Å². The number of nitrogens with zero attached hydrogens (tertiary/aromatic N) is 2. The van der Waals surface area contributed by atoms with Crippen molar-refractivity contribution < 1.29 is 9.53 Å². The quantitative estimate of drug-likeness (QED) is 0.561. The van der Waals surface area contributed by atoms with Crippen molar-refractivity contribution in [3.63, 3.8) is 0 Å². The average Bonchev–Trinajstić information content (AvgIpc) is 2.42. The predicted molar refractivity (Wildman–Crippen MR) is 73.5 cm³/mol. The Bertz CT molecular complexity index is 576. The van der Waals surface area contributed by atoms with Gasteiger partial charge in [0.1, 0.15) is 0 Å². The summed E-state index contributed by atoms with van der Waals surface area (Å²) in [7, 11) is 4.56. The number of aromatic nitrogens is 2.